The largest absolute Gasteiger partial charge is 0.395 e. The molecule has 0 bridgehead atoms. The van der Waals surface area contributed by atoms with Crippen LogP contribution >= 0.6 is 0 Å². The van der Waals surface area contributed by atoms with Gasteiger partial charge in [-0.05, 0) is 49.4 Å². The number of amides is 1. The molecule has 0 spiro atoms. The Kier molecular flexibility index (Phi) is 6.76. The summed E-state index contributed by atoms with van der Waals surface area (Å²) in [4.78, 5) is 28.3. The highest BCUT2D eigenvalue weighted by Crippen LogP contribution is 2.28. The van der Waals surface area contributed by atoms with Gasteiger partial charge in [0, 0.05) is 48.8 Å². The summed E-state index contributed by atoms with van der Waals surface area (Å²) in [7, 11) is 2.10. The van der Waals surface area contributed by atoms with Crippen molar-refractivity contribution in [3.8, 4) is 0 Å². The Bertz CT molecular complexity index is 1200. The Morgan fingerprint density at radius 1 is 1.09 bits per heavy atom. The van der Waals surface area contributed by atoms with Gasteiger partial charge in [0.25, 0.3) is 5.91 Å². The van der Waals surface area contributed by atoms with Crippen LogP contribution in [-0.4, -0.2) is 51.1 Å². The third-order valence-electron chi connectivity index (χ3n) is 5.83. The van der Waals surface area contributed by atoms with Crippen molar-refractivity contribution < 1.29 is 9.90 Å². The average Bonchev–Trinajstić information content (AvgIpc) is 3.19. The van der Waals surface area contributed by atoms with Crippen LogP contribution < -0.4 is 16.0 Å². The first-order chi connectivity index (χ1) is 16.3. The van der Waals surface area contributed by atoms with E-state index >= 15 is 0 Å². The number of carbonyl (C=O) groups is 1. The number of aliphatic hydroxyl groups excluding tert-OH is 1. The van der Waals surface area contributed by atoms with E-state index in [1.54, 1.807) is 12.3 Å². The van der Waals surface area contributed by atoms with Crippen LogP contribution in [0, 0.1) is 0 Å². The van der Waals surface area contributed by atoms with Crippen LogP contribution in [0.4, 0.5) is 23.1 Å². The van der Waals surface area contributed by atoms with Gasteiger partial charge >= 0.3 is 0 Å². The Morgan fingerprint density at radius 3 is 2.62 bits per heavy atom. The molecule has 0 fully saturated rings. The number of nitrogens with zero attached hydrogens (tertiary/aromatic N) is 4. The van der Waals surface area contributed by atoms with Crippen LogP contribution in [0.15, 0.2) is 42.7 Å². The van der Waals surface area contributed by atoms with E-state index in [9.17, 15) is 9.90 Å². The second-order valence-electron chi connectivity index (χ2n) is 9.19. The van der Waals surface area contributed by atoms with E-state index in [4.69, 9.17) is 0 Å². The number of carbonyl (C=O) groups excluding carboxylic acids is 1. The van der Waals surface area contributed by atoms with Crippen molar-refractivity contribution in [3.05, 3.63) is 65.1 Å². The van der Waals surface area contributed by atoms with Crippen molar-refractivity contribution in [3.63, 3.8) is 0 Å². The molecule has 0 aliphatic carbocycles. The molecular formula is C25H31N7O2. The standard InChI is InChI=1S/C25H31N7O2/c1-5-26-23(34)20-12-28-24(30-18-7-6-16-13-32(4)14-17(16)10-18)31-22(20)29-19-8-9-27-21(11-19)25(2,3)15-33/h6-12,33H,5,13-15H2,1-4H3,(H,26,34)(H2,27,28,29,30,31). The number of aromatic nitrogens is 3. The zero-order valence-corrected chi connectivity index (χ0v) is 20.0. The number of aliphatic hydroxyl groups is 1. The Hall–Kier alpha value is -3.56. The second kappa shape index (κ2) is 9.74. The molecule has 9 nitrogen and oxygen atoms in total. The van der Waals surface area contributed by atoms with E-state index in [0.29, 0.717) is 29.6 Å². The summed E-state index contributed by atoms with van der Waals surface area (Å²) in [6.07, 6.45) is 3.19. The van der Waals surface area contributed by atoms with Crippen molar-refractivity contribution >= 4 is 29.0 Å². The van der Waals surface area contributed by atoms with Crippen LogP contribution in [-0.2, 0) is 18.5 Å². The number of nitrogens with one attached hydrogen (secondary N) is 3. The van der Waals surface area contributed by atoms with E-state index in [-0.39, 0.29) is 12.5 Å². The minimum absolute atomic E-state index is 0.0360. The molecule has 9 heteroatoms. The normalized spacial score (nSPS) is 13.4. The summed E-state index contributed by atoms with van der Waals surface area (Å²) in [6.45, 7) is 8.00. The Morgan fingerprint density at radius 2 is 1.85 bits per heavy atom. The Labute approximate surface area is 199 Å². The van der Waals surface area contributed by atoms with Crippen LogP contribution in [0.1, 0.15) is 48.0 Å². The van der Waals surface area contributed by atoms with Crippen LogP contribution in [0.5, 0.6) is 0 Å². The van der Waals surface area contributed by atoms with Crippen molar-refractivity contribution in [2.24, 2.45) is 0 Å². The maximum Gasteiger partial charge on any atom is 0.256 e. The molecule has 4 rings (SSSR count). The zero-order chi connectivity index (χ0) is 24.3. The highest BCUT2D eigenvalue weighted by atomic mass is 16.3. The van der Waals surface area contributed by atoms with E-state index in [0.717, 1.165) is 24.5 Å². The number of rotatable bonds is 8. The lowest BCUT2D eigenvalue weighted by Gasteiger charge is -2.21. The fourth-order valence-corrected chi connectivity index (χ4v) is 3.83. The molecule has 0 unspecified atom stereocenters. The monoisotopic (exact) mass is 461 g/mol. The van der Waals surface area contributed by atoms with Crippen molar-refractivity contribution in [2.75, 3.05) is 30.8 Å². The van der Waals surface area contributed by atoms with Gasteiger partial charge in [-0.3, -0.25) is 14.7 Å². The fraction of sp³-hybridized carbons (Fsp3) is 0.360. The highest BCUT2D eigenvalue weighted by Gasteiger charge is 2.22. The van der Waals surface area contributed by atoms with Gasteiger partial charge in [0.15, 0.2) is 0 Å². The number of anilines is 4. The summed E-state index contributed by atoms with van der Waals surface area (Å²) < 4.78 is 0. The van der Waals surface area contributed by atoms with Crippen LogP contribution in [0.2, 0.25) is 0 Å². The molecule has 3 aromatic rings. The van der Waals surface area contributed by atoms with E-state index in [2.05, 4.69) is 55.0 Å². The molecule has 1 aliphatic rings. The molecule has 2 aromatic heterocycles. The topological polar surface area (TPSA) is 115 Å². The molecule has 1 aliphatic heterocycles. The summed E-state index contributed by atoms with van der Waals surface area (Å²) in [5.74, 6) is 0.497. The fourth-order valence-electron chi connectivity index (χ4n) is 3.83. The van der Waals surface area contributed by atoms with E-state index < -0.39 is 5.41 Å². The molecule has 178 valence electrons. The average molecular weight is 462 g/mol. The van der Waals surface area contributed by atoms with Crippen molar-refractivity contribution in [1.29, 1.82) is 0 Å². The summed E-state index contributed by atoms with van der Waals surface area (Å²) in [5.41, 5.74) is 4.77. The SMILES string of the molecule is CCNC(=O)c1cnc(Nc2ccc3c(c2)CN(C)C3)nc1Nc1ccnc(C(C)(C)CO)c1. The number of hydrogen-bond acceptors (Lipinski definition) is 8. The summed E-state index contributed by atoms with van der Waals surface area (Å²) in [6, 6.07) is 9.89. The number of pyridine rings is 1. The van der Waals surface area contributed by atoms with Gasteiger partial charge in [0.05, 0.1) is 12.3 Å². The minimum atomic E-state index is -0.500. The molecule has 0 atom stereocenters. The van der Waals surface area contributed by atoms with Crippen molar-refractivity contribution in [2.45, 2.75) is 39.3 Å². The molecule has 4 N–H and O–H groups in total. The summed E-state index contributed by atoms with van der Waals surface area (Å²) in [5, 5.41) is 19.0. The highest BCUT2D eigenvalue weighted by molar-refractivity contribution is 5.99. The predicted molar refractivity (Wildman–Crippen MR) is 133 cm³/mol. The lowest BCUT2D eigenvalue weighted by molar-refractivity contribution is 0.0956. The lowest BCUT2D eigenvalue weighted by atomic mass is 9.90. The van der Waals surface area contributed by atoms with Gasteiger partial charge in [-0.1, -0.05) is 19.9 Å². The van der Waals surface area contributed by atoms with Gasteiger partial charge in [0.1, 0.15) is 11.4 Å². The first-order valence-corrected chi connectivity index (χ1v) is 11.4. The second-order valence-corrected chi connectivity index (χ2v) is 9.19. The first-order valence-electron chi connectivity index (χ1n) is 11.4. The molecule has 1 aromatic carbocycles. The third kappa shape index (κ3) is 5.16. The number of fused-ring (bicyclic) bond motifs is 1. The third-order valence-corrected chi connectivity index (χ3v) is 5.83. The number of hydrogen-bond donors (Lipinski definition) is 4. The first kappa shape index (κ1) is 23.6. The minimum Gasteiger partial charge on any atom is -0.395 e. The molecule has 0 saturated carbocycles. The van der Waals surface area contributed by atoms with Gasteiger partial charge in [-0.2, -0.15) is 4.98 Å². The summed E-state index contributed by atoms with van der Waals surface area (Å²) >= 11 is 0. The maximum absolute atomic E-state index is 12.7. The van der Waals surface area contributed by atoms with Crippen molar-refractivity contribution in [1.82, 2.24) is 25.2 Å². The van der Waals surface area contributed by atoms with Gasteiger partial charge in [0.2, 0.25) is 5.95 Å². The van der Waals surface area contributed by atoms with Gasteiger partial charge < -0.3 is 21.1 Å². The van der Waals surface area contributed by atoms with Gasteiger partial charge in [-0.25, -0.2) is 4.98 Å². The molecule has 0 radical (unpaired) electrons. The molecule has 3 heterocycles. The smallest absolute Gasteiger partial charge is 0.256 e. The van der Waals surface area contributed by atoms with Crippen LogP contribution in [0.3, 0.4) is 0 Å². The van der Waals surface area contributed by atoms with E-state index in [1.807, 2.05) is 32.9 Å². The maximum atomic E-state index is 12.7. The van der Waals surface area contributed by atoms with Crippen LogP contribution in [0.25, 0.3) is 0 Å². The molecule has 1 amide bonds. The zero-order valence-electron chi connectivity index (χ0n) is 20.0. The lowest BCUT2D eigenvalue weighted by Crippen LogP contribution is -2.25. The Balaban J connectivity index is 1.64. The molecule has 34 heavy (non-hydrogen) atoms. The van der Waals surface area contributed by atoms with Gasteiger partial charge in [-0.15, -0.1) is 0 Å². The molecular weight excluding hydrogens is 430 g/mol. The van der Waals surface area contributed by atoms with E-state index in [1.165, 1.54) is 17.3 Å². The molecule has 0 saturated heterocycles. The number of benzene rings is 1. The predicted octanol–water partition coefficient (Wildman–Crippen LogP) is 3.32. The quantitative estimate of drug-likeness (QED) is 0.404.